The van der Waals surface area contributed by atoms with Crippen molar-refractivity contribution in [2.45, 2.75) is 58.4 Å². The van der Waals surface area contributed by atoms with Crippen molar-refractivity contribution in [2.24, 2.45) is 17.3 Å². The lowest BCUT2D eigenvalue weighted by molar-refractivity contribution is -0.0284. The summed E-state index contributed by atoms with van der Waals surface area (Å²) in [6, 6.07) is 0.898. The fraction of sp³-hybridized carbons (Fsp3) is 1.00. The van der Waals surface area contributed by atoms with E-state index in [0.29, 0.717) is 5.41 Å². The molecule has 2 aliphatic carbocycles. The second-order valence-corrected chi connectivity index (χ2v) is 8.28. The minimum atomic E-state index is 0.366. The zero-order chi connectivity index (χ0) is 14.7. The molecule has 0 spiro atoms. The molecule has 2 saturated carbocycles. The van der Waals surface area contributed by atoms with Gasteiger partial charge in [-0.15, -0.1) is 0 Å². The van der Waals surface area contributed by atoms with E-state index >= 15 is 0 Å². The van der Waals surface area contributed by atoms with Gasteiger partial charge >= 0.3 is 0 Å². The summed E-state index contributed by atoms with van der Waals surface area (Å²) in [5.74, 6) is 1.74. The van der Waals surface area contributed by atoms with E-state index in [2.05, 4.69) is 24.1 Å². The third-order valence-electron chi connectivity index (χ3n) is 5.25. The van der Waals surface area contributed by atoms with Crippen LogP contribution in [-0.2, 0) is 4.74 Å². The third-order valence-corrected chi connectivity index (χ3v) is 5.25. The fourth-order valence-electron chi connectivity index (χ4n) is 3.70. The van der Waals surface area contributed by atoms with Crippen molar-refractivity contribution >= 4 is 0 Å². The Morgan fingerprint density at radius 2 is 2.05 bits per heavy atom. The number of hydrogen-bond donors (Lipinski definition) is 1. The molecule has 0 amide bonds. The fourth-order valence-corrected chi connectivity index (χ4v) is 3.70. The standard InChI is InChI=1S/C18H34N2O/c1-15(2)10-19-12-18(8-3-9-21-14-18)13-20(17-6-7-17)11-16-4-5-16/h15-17,19H,3-14H2,1-2H3. The highest BCUT2D eigenvalue weighted by Gasteiger charge is 2.40. The average molecular weight is 294 g/mol. The first-order valence-electron chi connectivity index (χ1n) is 9.19. The molecule has 21 heavy (non-hydrogen) atoms. The monoisotopic (exact) mass is 294 g/mol. The van der Waals surface area contributed by atoms with Crippen LogP contribution < -0.4 is 5.32 Å². The molecule has 1 saturated heterocycles. The third kappa shape index (κ3) is 4.94. The van der Waals surface area contributed by atoms with Crippen LogP contribution in [0.1, 0.15) is 52.4 Å². The lowest BCUT2D eigenvalue weighted by atomic mass is 9.81. The zero-order valence-corrected chi connectivity index (χ0v) is 14.1. The minimum Gasteiger partial charge on any atom is -0.381 e. The second kappa shape index (κ2) is 6.97. The normalized spacial score (nSPS) is 30.3. The number of nitrogens with one attached hydrogen (secondary N) is 1. The molecule has 1 heterocycles. The predicted molar refractivity (Wildman–Crippen MR) is 87.5 cm³/mol. The number of nitrogens with zero attached hydrogens (tertiary/aromatic N) is 1. The highest BCUT2D eigenvalue weighted by atomic mass is 16.5. The molecule has 3 fully saturated rings. The maximum atomic E-state index is 5.90. The average Bonchev–Trinajstić information content (AvgIpc) is 3.32. The topological polar surface area (TPSA) is 24.5 Å². The first-order chi connectivity index (χ1) is 10.2. The Kier molecular flexibility index (Phi) is 5.23. The Hall–Kier alpha value is -0.120. The first kappa shape index (κ1) is 15.8. The lowest BCUT2D eigenvalue weighted by Gasteiger charge is -2.41. The van der Waals surface area contributed by atoms with Gasteiger partial charge in [0.15, 0.2) is 0 Å². The van der Waals surface area contributed by atoms with E-state index in [4.69, 9.17) is 4.74 Å². The molecule has 1 aliphatic heterocycles. The maximum Gasteiger partial charge on any atom is 0.0546 e. The molecule has 1 unspecified atom stereocenters. The van der Waals surface area contributed by atoms with Crippen molar-refractivity contribution in [3.05, 3.63) is 0 Å². The Balaban J connectivity index is 1.56. The molecule has 1 N–H and O–H groups in total. The summed E-state index contributed by atoms with van der Waals surface area (Å²) in [6.45, 7) is 11.4. The van der Waals surface area contributed by atoms with Gasteiger partial charge in [0.1, 0.15) is 0 Å². The molecule has 1 atom stereocenters. The summed E-state index contributed by atoms with van der Waals surface area (Å²) >= 11 is 0. The molecule has 0 aromatic rings. The van der Waals surface area contributed by atoms with E-state index in [9.17, 15) is 0 Å². The van der Waals surface area contributed by atoms with Crippen molar-refractivity contribution in [1.82, 2.24) is 10.2 Å². The SMILES string of the molecule is CC(C)CNCC1(CN(CC2CC2)C2CC2)CCCOC1. The van der Waals surface area contributed by atoms with Gasteiger partial charge in [0, 0.05) is 37.7 Å². The summed E-state index contributed by atoms with van der Waals surface area (Å²) in [6.07, 6.45) is 8.39. The molecule has 3 heteroatoms. The number of ether oxygens (including phenoxy) is 1. The molecule has 122 valence electrons. The second-order valence-electron chi connectivity index (χ2n) is 8.28. The van der Waals surface area contributed by atoms with E-state index in [1.54, 1.807) is 0 Å². The summed E-state index contributed by atoms with van der Waals surface area (Å²) in [5, 5.41) is 3.72. The Labute approximate surface area is 130 Å². The van der Waals surface area contributed by atoms with Crippen LogP contribution in [-0.4, -0.2) is 50.3 Å². The molecule has 0 radical (unpaired) electrons. The lowest BCUT2D eigenvalue weighted by Crippen LogP contribution is -2.50. The van der Waals surface area contributed by atoms with E-state index in [-0.39, 0.29) is 0 Å². The molecule has 0 aromatic heterocycles. The highest BCUT2D eigenvalue weighted by molar-refractivity contribution is 4.94. The van der Waals surface area contributed by atoms with Crippen molar-refractivity contribution in [1.29, 1.82) is 0 Å². The van der Waals surface area contributed by atoms with Gasteiger partial charge < -0.3 is 10.1 Å². The van der Waals surface area contributed by atoms with Gasteiger partial charge in [0.05, 0.1) is 6.61 Å². The van der Waals surface area contributed by atoms with Crippen LogP contribution in [0.5, 0.6) is 0 Å². The Morgan fingerprint density at radius 3 is 2.62 bits per heavy atom. The van der Waals surface area contributed by atoms with Crippen LogP contribution in [0.25, 0.3) is 0 Å². The van der Waals surface area contributed by atoms with Gasteiger partial charge in [-0.3, -0.25) is 4.90 Å². The van der Waals surface area contributed by atoms with Crippen molar-refractivity contribution in [3.8, 4) is 0 Å². The van der Waals surface area contributed by atoms with Crippen molar-refractivity contribution in [3.63, 3.8) is 0 Å². The van der Waals surface area contributed by atoms with Gasteiger partial charge in [-0.2, -0.15) is 0 Å². The van der Waals surface area contributed by atoms with Crippen LogP contribution >= 0.6 is 0 Å². The number of hydrogen-bond acceptors (Lipinski definition) is 3. The summed E-state index contributed by atoms with van der Waals surface area (Å²) in [7, 11) is 0. The first-order valence-corrected chi connectivity index (χ1v) is 9.19. The van der Waals surface area contributed by atoms with Gasteiger partial charge in [0.2, 0.25) is 0 Å². The minimum absolute atomic E-state index is 0.366. The highest BCUT2D eigenvalue weighted by Crippen LogP contribution is 2.38. The quantitative estimate of drug-likeness (QED) is 0.707. The molecule has 3 nitrogen and oxygen atoms in total. The van der Waals surface area contributed by atoms with Crippen LogP contribution in [0.4, 0.5) is 0 Å². The van der Waals surface area contributed by atoms with Gasteiger partial charge in [0.25, 0.3) is 0 Å². The van der Waals surface area contributed by atoms with Crippen LogP contribution in [0, 0.1) is 17.3 Å². The molecular weight excluding hydrogens is 260 g/mol. The molecule has 0 aromatic carbocycles. The summed E-state index contributed by atoms with van der Waals surface area (Å²) < 4.78 is 5.90. The van der Waals surface area contributed by atoms with Gasteiger partial charge in [-0.05, 0) is 56.9 Å². The van der Waals surface area contributed by atoms with E-state index in [1.807, 2.05) is 0 Å². The van der Waals surface area contributed by atoms with Gasteiger partial charge in [-0.25, -0.2) is 0 Å². The van der Waals surface area contributed by atoms with Crippen LogP contribution in [0.15, 0.2) is 0 Å². The number of rotatable bonds is 9. The molecular formula is C18H34N2O. The predicted octanol–water partition coefficient (Wildman–Crippen LogP) is 2.90. The van der Waals surface area contributed by atoms with E-state index < -0.39 is 0 Å². The molecule has 3 aliphatic rings. The van der Waals surface area contributed by atoms with Crippen LogP contribution in [0.2, 0.25) is 0 Å². The van der Waals surface area contributed by atoms with E-state index in [0.717, 1.165) is 44.2 Å². The van der Waals surface area contributed by atoms with Crippen LogP contribution in [0.3, 0.4) is 0 Å². The van der Waals surface area contributed by atoms with Crippen molar-refractivity contribution < 1.29 is 4.74 Å². The largest absolute Gasteiger partial charge is 0.381 e. The Morgan fingerprint density at radius 1 is 1.24 bits per heavy atom. The summed E-state index contributed by atoms with van der Waals surface area (Å²) in [4.78, 5) is 2.82. The van der Waals surface area contributed by atoms with Crippen molar-refractivity contribution in [2.75, 3.05) is 39.4 Å². The zero-order valence-electron chi connectivity index (χ0n) is 14.1. The smallest absolute Gasteiger partial charge is 0.0546 e. The Bertz CT molecular complexity index is 317. The molecule has 0 bridgehead atoms. The molecule has 3 rings (SSSR count). The maximum absolute atomic E-state index is 5.90. The van der Waals surface area contributed by atoms with E-state index in [1.165, 1.54) is 51.6 Å². The summed E-state index contributed by atoms with van der Waals surface area (Å²) in [5.41, 5.74) is 0.366. The van der Waals surface area contributed by atoms with Gasteiger partial charge in [-0.1, -0.05) is 13.8 Å².